The molecule has 0 saturated carbocycles. The van der Waals surface area contributed by atoms with Crippen LogP contribution in [0.25, 0.3) is 10.2 Å². The van der Waals surface area contributed by atoms with Gasteiger partial charge in [0, 0.05) is 17.6 Å². The zero-order chi connectivity index (χ0) is 21.4. The van der Waals surface area contributed by atoms with Crippen molar-refractivity contribution in [2.75, 3.05) is 18.4 Å². The van der Waals surface area contributed by atoms with Crippen molar-refractivity contribution >= 4 is 55.0 Å². The minimum atomic E-state index is -0.295. The highest BCUT2D eigenvalue weighted by Gasteiger charge is 2.22. The summed E-state index contributed by atoms with van der Waals surface area (Å²) in [4.78, 5) is 45.4. The summed E-state index contributed by atoms with van der Waals surface area (Å²) in [6.07, 6.45) is 3.39. The van der Waals surface area contributed by atoms with E-state index in [1.807, 2.05) is 25.1 Å². The predicted octanol–water partition coefficient (Wildman–Crippen LogP) is 3.71. The molecule has 0 bridgehead atoms. The van der Waals surface area contributed by atoms with Crippen LogP contribution in [0.3, 0.4) is 0 Å². The lowest BCUT2D eigenvalue weighted by Gasteiger charge is -2.15. The molecule has 30 heavy (non-hydrogen) atoms. The first-order chi connectivity index (χ1) is 14.3. The first-order valence-corrected chi connectivity index (χ1v) is 11.3. The topological polar surface area (TPSA) is 84.3 Å². The maximum Gasteiger partial charge on any atom is 0.266 e. The number of likely N-dealkylation sites (tertiary alicyclic amines) is 1. The van der Waals surface area contributed by atoms with Gasteiger partial charge in [0.15, 0.2) is 0 Å². The molecule has 4 rings (SSSR count). The summed E-state index contributed by atoms with van der Waals surface area (Å²) in [6.45, 7) is 5.15. The summed E-state index contributed by atoms with van der Waals surface area (Å²) in [5, 5.41) is 3.28. The summed E-state index contributed by atoms with van der Waals surface area (Å²) < 4.78 is 2.12. The Kier molecular flexibility index (Phi) is 5.75. The van der Waals surface area contributed by atoms with Gasteiger partial charge in [0.1, 0.15) is 11.4 Å². The molecule has 7 nitrogen and oxygen atoms in total. The maximum absolute atomic E-state index is 13.0. The number of amides is 2. The van der Waals surface area contributed by atoms with Crippen molar-refractivity contribution in [1.29, 1.82) is 0 Å². The van der Waals surface area contributed by atoms with Crippen molar-refractivity contribution in [2.24, 2.45) is 0 Å². The number of halogens is 1. The third-order valence-electron chi connectivity index (χ3n) is 5.26. The van der Waals surface area contributed by atoms with Crippen molar-refractivity contribution in [3.8, 4) is 0 Å². The summed E-state index contributed by atoms with van der Waals surface area (Å²) in [5.41, 5.74) is 2.02. The number of benzene rings is 1. The van der Waals surface area contributed by atoms with Gasteiger partial charge >= 0.3 is 0 Å². The number of fused-ring (bicyclic) bond motifs is 1. The molecule has 2 amide bonds. The van der Waals surface area contributed by atoms with E-state index in [0.717, 1.165) is 36.0 Å². The number of hydrogen-bond acceptors (Lipinski definition) is 5. The van der Waals surface area contributed by atoms with E-state index >= 15 is 0 Å². The zero-order valence-electron chi connectivity index (χ0n) is 16.7. The third-order valence-corrected chi connectivity index (χ3v) is 7.12. The molecule has 156 valence electrons. The number of hydrogen-bond donors (Lipinski definition) is 1. The minimum Gasteiger partial charge on any atom is -0.341 e. The summed E-state index contributed by atoms with van der Waals surface area (Å²) >= 11 is 4.64. The Hall–Kier alpha value is -2.52. The average molecular weight is 489 g/mol. The standard InChI is InChI=1S/C21H21BrN4O3S/c1-12-5-6-15(14(22)9-12)24-19(28)18-13(2)17-20(30-18)23-11-26(21(17)29)10-16(27)25-7-3-4-8-25/h5-6,9,11H,3-4,7-8,10H2,1-2H3,(H,24,28). The van der Waals surface area contributed by atoms with E-state index in [4.69, 9.17) is 0 Å². The van der Waals surface area contributed by atoms with Crippen molar-refractivity contribution in [1.82, 2.24) is 14.5 Å². The molecule has 0 atom stereocenters. The number of carbonyl (C=O) groups is 2. The number of aryl methyl sites for hydroxylation is 2. The molecule has 2 aromatic heterocycles. The van der Waals surface area contributed by atoms with Gasteiger partial charge in [0.2, 0.25) is 5.91 Å². The highest BCUT2D eigenvalue weighted by atomic mass is 79.9. The van der Waals surface area contributed by atoms with Gasteiger partial charge in [-0.05, 0) is 65.9 Å². The molecule has 1 saturated heterocycles. The van der Waals surface area contributed by atoms with Crippen LogP contribution in [0.4, 0.5) is 5.69 Å². The molecule has 0 spiro atoms. The second kappa shape index (κ2) is 8.31. The van der Waals surface area contributed by atoms with Gasteiger partial charge in [-0.3, -0.25) is 19.0 Å². The summed E-state index contributed by atoms with van der Waals surface area (Å²) in [5.74, 6) is -0.370. The monoisotopic (exact) mass is 488 g/mol. The fraction of sp³-hybridized carbons (Fsp3) is 0.333. The largest absolute Gasteiger partial charge is 0.341 e. The van der Waals surface area contributed by atoms with Gasteiger partial charge in [-0.15, -0.1) is 11.3 Å². The second-order valence-electron chi connectivity index (χ2n) is 7.44. The van der Waals surface area contributed by atoms with E-state index in [9.17, 15) is 14.4 Å². The molecular weight excluding hydrogens is 468 g/mol. The lowest BCUT2D eigenvalue weighted by Crippen LogP contribution is -2.34. The van der Waals surface area contributed by atoms with Gasteiger partial charge in [-0.25, -0.2) is 4.98 Å². The summed E-state index contributed by atoms with van der Waals surface area (Å²) in [7, 11) is 0. The van der Waals surface area contributed by atoms with Crippen LogP contribution in [0, 0.1) is 13.8 Å². The first-order valence-electron chi connectivity index (χ1n) is 9.69. The Morgan fingerprint density at radius 1 is 1.23 bits per heavy atom. The fourth-order valence-corrected chi connectivity index (χ4v) is 5.23. The average Bonchev–Trinajstić information content (AvgIpc) is 3.35. The van der Waals surface area contributed by atoms with E-state index in [1.54, 1.807) is 11.8 Å². The molecule has 0 aliphatic carbocycles. The van der Waals surface area contributed by atoms with Crippen LogP contribution in [0.15, 0.2) is 33.8 Å². The minimum absolute atomic E-state index is 0.0328. The van der Waals surface area contributed by atoms with E-state index < -0.39 is 0 Å². The van der Waals surface area contributed by atoms with Gasteiger partial charge in [0.25, 0.3) is 11.5 Å². The van der Waals surface area contributed by atoms with Crippen LogP contribution in [0.2, 0.25) is 0 Å². The van der Waals surface area contributed by atoms with Crippen LogP contribution < -0.4 is 10.9 Å². The molecule has 1 N–H and O–H groups in total. The number of aromatic nitrogens is 2. The fourth-order valence-electron chi connectivity index (χ4n) is 3.60. The van der Waals surface area contributed by atoms with Gasteiger partial charge in [-0.1, -0.05) is 6.07 Å². The number of nitrogens with zero attached hydrogens (tertiary/aromatic N) is 3. The Bertz CT molecular complexity index is 1210. The van der Waals surface area contributed by atoms with Crippen LogP contribution in [0.5, 0.6) is 0 Å². The molecule has 1 aliphatic heterocycles. The smallest absolute Gasteiger partial charge is 0.266 e. The number of anilines is 1. The predicted molar refractivity (Wildman–Crippen MR) is 121 cm³/mol. The SMILES string of the molecule is Cc1ccc(NC(=O)c2sc3ncn(CC(=O)N4CCCC4)c(=O)c3c2C)c(Br)c1. The van der Waals surface area contributed by atoms with Crippen molar-refractivity contribution in [2.45, 2.75) is 33.2 Å². The van der Waals surface area contributed by atoms with Crippen LogP contribution in [-0.4, -0.2) is 39.4 Å². The number of carbonyl (C=O) groups excluding carboxylic acids is 2. The third kappa shape index (κ3) is 3.91. The van der Waals surface area contributed by atoms with Crippen molar-refractivity contribution in [3.63, 3.8) is 0 Å². The van der Waals surface area contributed by atoms with Gasteiger partial charge < -0.3 is 10.2 Å². The Morgan fingerprint density at radius 3 is 2.67 bits per heavy atom. The molecule has 1 fully saturated rings. The number of nitrogens with one attached hydrogen (secondary N) is 1. The second-order valence-corrected chi connectivity index (χ2v) is 9.29. The highest BCUT2D eigenvalue weighted by Crippen LogP contribution is 2.29. The van der Waals surface area contributed by atoms with Crippen molar-refractivity contribution in [3.05, 3.63) is 55.4 Å². The zero-order valence-corrected chi connectivity index (χ0v) is 19.1. The molecule has 0 radical (unpaired) electrons. The quantitative estimate of drug-likeness (QED) is 0.606. The highest BCUT2D eigenvalue weighted by molar-refractivity contribution is 9.10. The molecule has 1 aromatic carbocycles. The van der Waals surface area contributed by atoms with Crippen LogP contribution in [-0.2, 0) is 11.3 Å². The Labute approximate surface area is 185 Å². The molecule has 9 heteroatoms. The van der Waals surface area contributed by atoms with E-state index in [2.05, 4.69) is 26.2 Å². The Morgan fingerprint density at radius 2 is 1.97 bits per heavy atom. The summed E-state index contributed by atoms with van der Waals surface area (Å²) in [6, 6.07) is 5.66. The molecule has 3 aromatic rings. The molecule has 1 aliphatic rings. The molecule has 3 heterocycles. The molecular formula is C21H21BrN4O3S. The lowest BCUT2D eigenvalue weighted by atomic mass is 10.2. The van der Waals surface area contributed by atoms with E-state index in [0.29, 0.717) is 26.3 Å². The first kappa shape index (κ1) is 20.7. The number of rotatable bonds is 4. The molecule has 0 unspecified atom stereocenters. The van der Waals surface area contributed by atoms with Crippen LogP contribution in [0.1, 0.15) is 33.6 Å². The normalized spacial score (nSPS) is 13.8. The van der Waals surface area contributed by atoms with E-state index in [-0.39, 0.29) is 23.9 Å². The number of thiophene rings is 1. The maximum atomic E-state index is 13.0. The van der Waals surface area contributed by atoms with Gasteiger partial charge in [-0.2, -0.15) is 0 Å². The van der Waals surface area contributed by atoms with Crippen LogP contribution >= 0.6 is 27.3 Å². The Balaban J connectivity index is 1.63. The van der Waals surface area contributed by atoms with E-state index in [1.165, 1.54) is 22.2 Å². The lowest BCUT2D eigenvalue weighted by molar-refractivity contribution is -0.130. The van der Waals surface area contributed by atoms with Crippen molar-refractivity contribution < 1.29 is 9.59 Å². The van der Waals surface area contributed by atoms with Gasteiger partial charge in [0.05, 0.1) is 22.3 Å².